The average Bonchev–Trinajstić information content (AvgIpc) is 3.41. The Morgan fingerprint density at radius 2 is 1.90 bits per heavy atom. The summed E-state index contributed by atoms with van der Waals surface area (Å²) in [5, 5.41) is 8.35. The largest absolute Gasteiger partial charge is 0.418 e. The Morgan fingerprint density at radius 3 is 2.64 bits per heavy atom. The molecule has 3 aromatic heterocycles. The molecular weight excluding hydrogens is 555 g/mol. The molecule has 1 aliphatic rings. The number of hydrogen-bond donors (Lipinski definition) is 3. The van der Waals surface area contributed by atoms with Gasteiger partial charge in [0, 0.05) is 11.9 Å². The first kappa shape index (κ1) is 28.8. The van der Waals surface area contributed by atoms with Gasteiger partial charge in [0.25, 0.3) is 11.8 Å². The number of hydrogen-bond acceptors (Lipinski definition) is 8. The Labute approximate surface area is 232 Å². The van der Waals surface area contributed by atoms with Crippen LogP contribution in [0.2, 0.25) is 5.02 Å². The number of nitrogens with zero attached hydrogens (tertiary/aromatic N) is 4. The van der Waals surface area contributed by atoms with Crippen molar-refractivity contribution < 1.29 is 22.8 Å². The lowest BCUT2D eigenvalue weighted by Gasteiger charge is -2.22. The number of aromatic nitrogens is 4. The van der Waals surface area contributed by atoms with Gasteiger partial charge >= 0.3 is 6.18 Å². The van der Waals surface area contributed by atoms with Crippen molar-refractivity contribution in [2.45, 2.75) is 51.2 Å². The summed E-state index contributed by atoms with van der Waals surface area (Å²) in [5.74, 6) is -0.675. The van der Waals surface area contributed by atoms with Crippen LogP contribution in [-0.4, -0.2) is 44.8 Å². The van der Waals surface area contributed by atoms with E-state index in [2.05, 4.69) is 35.9 Å². The number of carbonyl (C=O) groups is 2. The summed E-state index contributed by atoms with van der Waals surface area (Å²) < 4.78 is 39.2. The van der Waals surface area contributed by atoms with E-state index >= 15 is 0 Å². The molecule has 0 spiro atoms. The maximum absolute atomic E-state index is 13.1. The molecule has 3 N–H and O–H groups in total. The van der Waals surface area contributed by atoms with Crippen molar-refractivity contribution in [2.24, 2.45) is 5.92 Å². The lowest BCUT2D eigenvalue weighted by Crippen LogP contribution is -2.28. The molecule has 1 unspecified atom stereocenters. The summed E-state index contributed by atoms with van der Waals surface area (Å²) in [4.78, 5) is 41.8. The van der Waals surface area contributed by atoms with E-state index in [4.69, 9.17) is 11.6 Å². The number of pyridine rings is 1. The van der Waals surface area contributed by atoms with E-state index in [1.807, 2.05) is 0 Å². The molecular formula is C25H27ClF3N7O2S. The molecule has 1 atom stereocenters. The molecule has 0 saturated carbocycles. The minimum Gasteiger partial charge on any atom is -0.342 e. The van der Waals surface area contributed by atoms with E-state index < -0.39 is 34.6 Å². The van der Waals surface area contributed by atoms with Crippen LogP contribution in [0.15, 0.2) is 30.9 Å². The van der Waals surface area contributed by atoms with Gasteiger partial charge in [-0.05, 0) is 70.2 Å². The highest BCUT2D eigenvalue weighted by atomic mass is 35.5. The predicted octanol–water partition coefficient (Wildman–Crippen LogP) is 5.07. The summed E-state index contributed by atoms with van der Waals surface area (Å²) in [6.45, 7) is 3.83. The Hall–Kier alpha value is -3.16. The molecule has 1 saturated heterocycles. The second-order valence-electron chi connectivity index (χ2n) is 9.24. The van der Waals surface area contributed by atoms with Crippen LogP contribution in [0, 0.1) is 5.92 Å². The van der Waals surface area contributed by atoms with Crippen LogP contribution in [0.3, 0.4) is 0 Å². The van der Waals surface area contributed by atoms with Gasteiger partial charge in [-0.2, -0.15) is 13.2 Å². The van der Waals surface area contributed by atoms with Gasteiger partial charge < -0.3 is 16.0 Å². The van der Waals surface area contributed by atoms with Crippen LogP contribution in [0.1, 0.15) is 75.1 Å². The zero-order valence-electron chi connectivity index (χ0n) is 21.0. The number of amides is 2. The molecule has 1 aliphatic heterocycles. The van der Waals surface area contributed by atoms with Gasteiger partial charge in [-0.15, -0.1) is 11.3 Å². The second kappa shape index (κ2) is 12.8. The maximum atomic E-state index is 13.1. The van der Waals surface area contributed by atoms with Crippen molar-refractivity contribution in [2.75, 3.05) is 18.4 Å². The van der Waals surface area contributed by atoms with E-state index in [0.29, 0.717) is 11.1 Å². The Bertz CT molecular complexity index is 1310. The van der Waals surface area contributed by atoms with Crippen LogP contribution >= 0.6 is 22.9 Å². The zero-order chi connectivity index (χ0) is 28.0. The van der Waals surface area contributed by atoms with Gasteiger partial charge in [0.1, 0.15) is 27.7 Å². The second-order valence-corrected chi connectivity index (χ2v) is 10.7. The van der Waals surface area contributed by atoms with Gasteiger partial charge in [-0.25, -0.2) is 19.9 Å². The SMILES string of the molecule is CC(NC(=O)c1cc(CCCC2CCNCC2)ncn1)c1ncc(C(=O)Nc2cc(C(F)(F)F)c(Cl)cn2)s1. The van der Waals surface area contributed by atoms with Gasteiger partial charge in [0.05, 0.1) is 22.8 Å². The topological polar surface area (TPSA) is 122 Å². The standard InChI is InChI=1S/C25H27ClF3N7O2S/c1-14(35-22(37)19-9-16(33-13-34-19)4-2-3-15-5-7-30-8-6-15)24-32-12-20(39-24)23(38)36-21-10-17(25(27,28)29)18(26)11-31-21/h9-15,30H,2-8H2,1H3,(H,35,37)(H,31,36,38). The normalized spacial score (nSPS) is 15.1. The van der Waals surface area contributed by atoms with E-state index in [1.54, 1.807) is 13.0 Å². The van der Waals surface area contributed by atoms with Gasteiger partial charge in [0.2, 0.25) is 0 Å². The summed E-state index contributed by atoms with van der Waals surface area (Å²) in [5.41, 5.74) is -0.0719. The number of rotatable bonds is 9. The number of aryl methyl sites for hydroxylation is 1. The molecule has 0 aliphatic carbocycles. The number of carbonyl (C=O) groups excluding carboxylic acids is 2. The minimum absolute atomic E-state index is 0.134. The molecule has 3 aromatic rings. The smallest absolute Gasteiger partial charge is 0.342 e. The fourth-order valence-corrected chi connectivity index (χ4v) is 5.25. The molecule has 39 heavy (non-hydrogen) atoms. The summed E-state index contributed by atoms with van der Waals surface area (Å²) in [6.07, 6.45) is 4.04. The molecule has 1 fully saturated rings. The molecule has 0 aromatic carbocycles. The van der Waals surface area contributed by atoms with Crippen LogP contribution in [0.25, 0.3) is 0 Å². The van der Waals surface area contributed by atoms with Gasteiger partial charge in [-0.3, -0.25) is 9.59 Å². The minimum atomic E-state index is -4.69. The van der Waals surface area contributed by atoms with Crippen molar-refractivity contribution in [3.63, 3.8) is 0 Å². The van der Waals surface area contributed by atoms with Crippen LogP contribution in [-0.2, 0) is 12.6 Å². The van der Waals surface area contributed by atoms with Crippen molar-refractivity contribution in [1.29, 1.82) is 0 Å². The number of thiazole rings is 1. The molecule has 9 nitrogen and oxygen atoms in total. The summed E-state index contributed by atoms with van der Waals surface area (Å²) in [7, 11) is 0. The van der Waals surface area contributed by atoms with Gasteiger partial charge in [0.15, 0.2) is 0 Å². The van der Waals surface area contributed by atoms with Crippen molar-refractivity contribution in [3.05, 3.63) is 62.7 Å². The highest BCUT2D eigenvalue weighted by Gasteiger charge is 2.34. The Balaban J connectivity index is 1.32. The van der Waals surface area contributed by atoms with Crippen molar-refractivity contribution in [1.82, 2.24) is 30.6 Å². The Morgan fingerprint density at radius 1 is 1.13 bits per heavy atom. The quantitative estimate of drug-likeness (QED) is 0.323. The molecule has 4 rings (SSSR count). The highest BCUT2D eigenvalue weighted by Crippen LogP contribution is 2.35. The average molecular weight is 582 g/mol. The number of piperidine rings is 1. The lowest BCUT2D eigenvalue weighted by atomic mass is 9.92. The molecule has 2 amide bonds. The third-order valence-electron chi connectivity index (χ3n) is 6.33. The first-order valence-electron chi connectivity index (χ1n) is 12.4. The first-order valence-corrected chi connectivity index (χ1v) is 13.6. The van der Waals surface area contributed by atoms with Crippen molar-refractivity contribution in [3.8, 4) is 0 Å². The lowest BCUT2D eigenvalue weighted by molar-refractivity contribution is -0.137. The molecule has 0 radical (unpaired) electrons. The molecule has 14 heteroatoms. The monoisotopic (exact) mass is 581 g/mol. The molecule has 208 valence electrons. The van der Waals surface area contributed by atoms with E-state index in [9.17, 15) is 22.8 Å². The van der Waals surface area contributed by atoms with Crippen LogP contribution in [0.4, 0.5) is 19.0 Å². The number of nitrogens with one attached hydrogen (secondary N) is 3. The van der Waals surface area contributed by atoms with Crippen molar-refractivity contribution >= 4 is 40.6 Å². The number of alkyl halides is 3. The summed E-state index contributed by atoms with van der Waals surface area (Å²) in [6, 6.07) is 1.79. The third-order valence-corrected chi connectivity index (χ3v) is 7.81. The van der Waals surface area contributed by atoms with E-state index in [-0.39, 0.29) is 16.4 Å². The summed E-state index contributed by atoms with van der Waals surface area (Å²) >= 11 is 6.57. The Kier molecular flexibility index (Phi) is 9.46. The molecule has 0 bridgehead atoms. The number of anilines is 1. The third kappa shape index (κ3) is 7.93. The zero-order valence-corrected chi connectivity index (χ0v) is 22.6. The van der Waals surface area contributed by atoms with Crippen LogP contribution < -0.4 is 16.0 Å². The van der Waals surface area contributed by atoms with E-state index in [0.717, 1.165) is 61.5 Å². The fourth-order valence-electron chi connectivity index (χ4n) is 4.23. The van der Waals surface area contributed by atoms with Gasteiger partial charge in [-0.1, -0.05) is 11.6 Å². The van der Waals surface area contributed by atoms with Crippen LogP contribution in [0.5, 0.6) is 0 Å². The maximum Gasteiger partial charge on any atom is 0.418 e. The first-order chi connectivity index (χ1) is 18.6. The molecule has 4 heterocycles. The fraction of sp³-hybridized carbons (Fsp3) is 0.440. The highest BCUT2D eigenvalue weighted by molar-refractivity contribution is 7.13. The predicted molar refractivity (Wildman–Crippen MR) is 141 cm³/mol. The number of halogens is 4. The van der Waals surface area contributed by atoms with E-state index in [1.165, 1.54) is 25.4 Å².